The molecule has 17 heavy (non-hydrogen) atoms. The van der Waals surface area contributed by atoms with Gasteiger partial charge in [-0.05, 0) is 32.0 Å². The summed E-state index contributed by atoms with van der Waals surface area (Å²) in [6.45, 7) is 2.10. The maximum atomic E-state index is 5.42. The van der Waals surface area contributed by atoms with Gasteiger partial charge in [-0.15, -0.1) is 0 Å². The summed E-state index contributed by atoms with van der Waals surface area (Å²) in [6.07, 6.45) is 6.01. The minimum absolute atomic E-state index is 0.563. The number of nitrogens with one attached hydrogen (secondary N) is 1. The summed E-state index contributed by atoms with van der Waals surface area (Å²) < 4.78 is 5.42. The first kappa shape index (κ1) is 10.6. The van der Waals surface area contributed by atoms with E-state index in [9.17, 15) is 0 Å². The molecule has 1 N–H and O–H groups in total. The van der Waals surface area contributed by atoms with E-state index >= 15 is 0 Å². The average molecular weight is 231 g/mol. The monoisotopic (exact) mass is 231 g/mol. The SMILES string of the molecule is CNC1CCCN(c2nccc3occc23)C1. The highest BCUT2D eigenvalue weighted by molar-refractivity contribution is 5.88. The van der Waals surface area contributed by atoms with E-state index in [2.05, 4.69) is 15.2 Å². The molecule has 90 valence electrons. The summed E-state index contributed by atoms with van der Waals surface area (Å²) in [5.74, 6) is 1.05. The number of likely N-dealkylation sites (N-methyl/N-ethyl adjacent to an activating group) is 1. The molecule has 1 unspecified atom stereocenters. The van der Waals surface area contributed by atoms with Gasteiger partial charge in [-0.2, -0.15) is 0 Å². The number of furan rings is 1. The molecule has 0 bridgehead atoms. The minimum Gasteiger partial charge on any atom is -0.464 e. The Morgan fingerprint density at radius 1 is 1.47 bits per heavy atom. The van der Waals surface area contributed by atoms with E-state index in [1.54, 1.807) is 6.26 Å². The van der Waals surface area contributed by atoms with Crippen molar-refractivity contribution in [3.63, 3.8) is 0 Å². The third kappa shape index (κ3) is 1.89. The highest BCUT2D eigenvalue weighted by Gasteiger charge is 2.21. The molecule has 0 amide bonds. The van der Waals surface area contributed by atoms with Crippen molar-refractivity contribution in [2.45, 2.75) is 18.9 Å². The molecular weight excluding hydrogens is 214 g/mol. The van der Waals surface area contributed by atoms with E-state index in [4.69, 9.17) is 4.42 Å². The zero-order valence-electron chi connectivity index (χ0n) is 10.0. The Bertz CT molecular complexity index is 508. The molecule has 1 saturated heterocycles. The Balaban J connectivity index is 1.94. The van der Waals surface area contributed by atoms with E-state index in [0.717, 1.165) is 29.9 Å². The van der Waals surface area contributed by atoms with E-state index in [0.29, 0.717) is 6.04 Å². The first-order valence-corrected chi connectivity index (χ1v) is 6.13. The fourth-order valence-corrected chi connectivity index (χ4v) is 2.54. The second kappa shape index (κ2) is 4.37. The van der Waals surface area contributed by atoms with Gasteiger partial charge in [-0.3, -0.25) is 0 Å². The molecule has 0 radical (unpaired) electrons. The van der Waals surface area contributed by atoms with Crippen molar-refractivity contribution in [3.8, 4) is 0 Å². The molecule has 1 atom stereocenters. The van der Waals surface area contributed by atoms with Crippen LogP contribution in [0, 0.1) is 0 Å². The third-order valence-electron chi connectivity index (χ3n) is 3.49. The number of pyridine rings is 1. The largest absolute Gasteiger partial charge is 0.464 e. The van der Waals surface area contributed by atoms with Crippen LogP contribution >= 0.6 is 0 Å². The minimum atomic E-state index is 0.563. The highest BCUT2D eigenvalue weighted by Crippen LogP contribution is 2.27. The van der Waals surface area contributed by atoms with Gasteiger partial charge in [0.1, 0.15) is 11.4 Å². The van der Waals surface area contributed by atoms with Crippen molar-refractivity contribution < 1.29 is 4.42 Å². The number of hydrogen-bond acceptors (Lipinski definition) is 4. The summed E-state index contributed by atoms with van der Waals surface area (Å²) in [4.78, 5) is 6.86. The van der Waals surface area contributed by atoms with Crippen LogP contribution < -0.4 is 10.2 Å². The van der Waals surface area contributed by atoms with Crippen LogP contribution in [0.15, 0.2) is 29.0 Å². The van der Waals surface area contributed by atoms with Gasteiger partial charge in [-0.25, -0.2) is 4.98 Å². The molecule has 1 aliphatic rings. The van der Waals surface area contributed by atoms with Crippen molar-refractivity contribution >= 4 is 16.8 Å². The molecule has 2 aromatic heterocycles. The Morgan fingerprint density at radius 2 is 2.41 bits per heavy atom. The molecule has 0 aliphatic carbocycles. The van der Waals surface area contributed by atoms with Gasteiger partial charge in [0.25, 0.3) is 0 Å². The van der Waals surface area contributed by atoms with E-state index < -0.39 is 0 Å². The van der Waals surface area contributed by atoms with Crippen LogP contribution in [0.25, 0.3) is 11.0 Å². The van der Waals surface area contributed by atoms with Gasteiger partial charge >= 0.3 is 0 Å². The van der Waals surface area contributed by atoms with Gasteiger partial charge < -0.3 is 14.6 Å². The predicted octanol–water partition coefficient (Wildman–Crippen LogP) is 2.02. The summed E-state index contributed by atoms with van der Waals surface area (Å²) in [5.41, 5.74) is 0.918. The van der Waals surface area contributed by atoms with Crippen LogP contribution in [-0.2, 0) is 0 Å². The molecule has 0 spiro atoms. The summed E-state index contributed by atoms with van der Waals surface area (Å²) in [6, 6.07) is 4.48. The first-order chi connectivity index (χ1) is 8.38. The van der Waals surface area contributed by atoms with Gasteiger partial charge in [0.15, 0.2) is 0 Å². The fraction of sp³-hybridized carbons (Fsp3) is 0.462. The molecule has 3 rings (SSSR count). The Kier molecular flexibility index (Phi) is 2.73. The van der Waals surface area contributed by atoms with Crippen LogP contribution in [0.3, 0.4) is 0 Å². The number of fused-ring (bicyclic) bond motifs is 1. The van der Waals surface area contributed by atoms with Crippen LogP contribution in [0.2, 0.25) is 0 Å². The zero-order valence-corrected chi connectivity index (χ0v) is 10.0. The Labute approximate surface area is 101 Å². The van der Waals surface area contributed by atoms with Crippen molar-refractivity contribution in [1.82, 2.24) is 10.3 Å². The second-order valence-electron chi connectivity index (χ2n) is 4.54. The van der Waals surface area contributed by atoms with Crippen LogP contribution in [0.1, 0.15) is 12.8 Å². The number of hydrogen-bond donors (Lipinski definition) is 1. The number of rotatable bonds is 2. The lowest BCUT2D eigenvalue weighted by Gasteiger charge is -2.33. The fourth-order valence-electron chi connectivity index (χ4n) is 2.54. The summed E-state index contributed by atoms with van der Waals surface area (Å²) in [7, 11) is 2.03. The topological polar surface area (TPSA) is 41.3 Å². The lowest BCUT2D eigenvalue weighted by Crippen LogP contribution is -2.44. The maximum Gasteiger partial charge on any atom is 0.139 e. The van der Waals surface area contributed by atoms with Gasteiger partial charge in [0.2, 0.25) is 0 Å². The first-order valence-electron chi connectivity index (χ1n) is 6.13. The molecule has 0 aromatic carbocycles. The lowest BCUT2D eigenvalue weighted by atomic mass is 10.1. The summed E-state index contributed by atoms with van der Waals surface area (Å²) >= 11 is 0. The normalized spacial score (nSPS) is 21.0. The maximum absolute atomic E-state index is 5.42. The molecule has 2 aromatic rings. The number of piperidine rings is 1. The van der Waals surface area contributed by atoms with Crippen molar-refractivity contribution in [2.75, 3.05) is 25.0 Å². The van der Waals surface area contributed by atoms with Crippen molar-refractivity contribution in [1.29, 1.82) is 0 Å². The van der Waals surface area contributed by atoms with E-state index in [-0.39, 0.29) is 0 Å². The standard InChI is InChI=1S/C13H17N3O/c1-14-10-3-2-7-16(9-10)13-11-5-8-17-12(11)4-6-15-13/h4-6,8,10,14H,2-3,7,9H2,1H3. The number of nitrogens with zero attached hydrogens (tertiary/aromatic N) is 2. The Morgan fingerprint density at radius 3 is 3.29 bits per heavy atom. The van der Waals surface area contributed by atoms with Crippen molar-refractivity contribution in [3.05, 3.63) is 24.6 Å². The van der Waals surface area contributed by atoms with Gasteiger partial charge in [0, 0.05) is 25.3 Å². The third-order valence-corrected chi connectivity index (χ3v) is 3.49. The second-order valence-corrected chi connectivity index (χ2v) is 4.54. The van der Waals surface area contributed by atoms with Crippen molar-refractivity contribution in [2.24, 2.45) is 0 Å². The van der Waals surface area contributed by atoms with Gasteiger partial charge in [-0.1, -0.05) is 0 Å². The van der Waals surface area contributed by atoms with Gasteiger partial charge in [0.05, 0.1) is 11.6 Å². The predicted molar refractivity (Wildman–Crippen MR) is 68.3 cm³/mol. The zero-order chi connectivity index (χ0) is 11.7. The molecule has 3 heterocycles. The highest BCUT2D eigenvalue weighted by atomic mass is 16.3. The van der Waals surface area contributed by atoms with E-state index in [1.165, 1.54) is 12.8 Å². The molecule has 1 fully saturated rings. The smallest absolute Gasteiger partial charge is 0.139 e. The number of anilines is 1. The lowest BCUT2D eigenvalue weighted by molar-refractivity contribution is 0.448. The summed E-state index contributed by atoms with van der Waals surface area (Å²) in [5, 5.41) is 4.47. The van der Waals surface area contributed by atoms with E-state index in [1.807, 2.05) is 25.4 Å². The van der Waals surface area contributed by atoms with Crippen LogP contribution in [-0.4, -0.2) is 31.2 Å². The molecular formula is C13H17N3O. The van der Waals surface area contributed by atoms with Crippen LogP contribution in [0.4, 0.5) is 5.82 Å². The molecule has 4 nitrogen and oxygen atoms in total. The molecule has 1 aliphatic heterocycles. The number of aromatic nitrogens is 1. The van der Waals surface area contributed by atoms with Crippen LogP contribution in [0.5, 0.6) is 0 Å². The average Bonchev–Trinajstić information content (AvgIpc) is 2.87. The molecule has 0 saturated carbocycles. The molecule has 4 heteroatoms. The Hall–Kier alpha value is -1.55. The quantitative estimate of drug-likeness (QED) is 0.858.